The second-order valence-corrected chi connectivity index (χ2v) is 8.74. The van der Waals surface area contributed by atoms with Gasteiger partial charge < -0.3 is 15.2 Å². The Morgan fingerprint density at radius 2 is 1.54 bits per heavy atom. The molecule has 0 radical (unpaired) electrons. The molecule has 152 valence electrons. The van der Waals surface area contributed by atoms with E-state index in [4.69, 9.17) is 15.2 Å². The molecule has 2 aromatic rings. The number of nitrogens with two attached hydrogens (primary N) is 1. The first-order chi connectivity index (χ1) is 13.4. The second kappa shape index (κ2) is 8.38. The highest BCUT2D eigenvalue weighted by Crippen LogP contribution is 2.32. The molecule has 1 unspecified atom stereocenters. The van der Waals surface area contributed by atoms with Crippen LogP contribution < -0.4 is 15.2 Å². The number of piperazine rings is 1. The molecule has 0 aliphatic carbocycles. The van der Waals surface area contributed by atoms with Gasteiger partial charge in [-0.1, -0.05) is 6.07 Å². The molecule has 0 saturated carbocycles. The van der Waals surface area contributed by atoms with Gasteiger partial charge in [0, 0.05) is 37.9 Å². The van der Waals surface area contributed by atoms with Gasteiger partial charge in [0.2, 0.25) is 10.0 Å². The third-order valence-corrected chi connectivity index (χ3v) is 7.14. The number of hydrogen-bond acceptors (Lipinski definition) is 6. The SMILES string of the molecule is COc1ccc(C(C)N2CCN(S(=O)(=O)c3ccc(N)cc3)CC2)cc1OC. The number of nitrogen functional groups attached to an aromatic ring is 1. The van der Waals surface area contributed by atoms with Gasteiger partial charge in [0.05, 0.1) is 19.1 Å². The second-order valence-electron chi connectivity index (χ2n) is 6.80. The van der Waals surface area contributed by atoms with Crippen molar-refractivity contribution in [1.29, 1.82) is 0 Å². The van der Waals surface area contributed by atoms with Crippen molar-refractivity contribution in [2.45, 2.75) is 17.9 Å². The molecule has 8 heteroatoms. The predicted molar refractivity (Wildman–Crippen MR) is 109 cm³/mol. The fourth-order valence-electron chi connectivity index (χ4n) is 3.44. The minimum absolute atomic E-state index is 0.140. The molecular weight excluding hydrogens is 378 g/mol. The fraction of sp³-hybridized carbons (Fsp3) is 0.400. The Morgan fingerprint density at radius 3 is 2.11 bits per heavy atom. The van der Waals surface area contributed by atoms with E-state index in [0.717, 1.165) is 5.56 Å². The lowest BCUT2D eigenvalue weighted by Gasteiger charge is -2.37. The summed E-state index contributed by atoms with van der Waals surface area (Å²) in [5.74, 6) is 1.38. The van der Waals surface area contributed by atoms with Crippen molar-refractivity contribution in [1.82, 2.24) is 9.21 Å². The van der Waals surface area contributed by atoms with Crippen LogP contribution in [0, 0.1) is 0 Å². The van der Waals surface area contributed by atoms with E-state index >= 15 is 0 Å². The van der Waals surface area contributed by atoms with E-state index in [9.17, 15) is 8.42 Å². The Kier molecular flexibility index (Phi) is 6.12. The third kappa shape index (κ3) is 4.09. The molecule has 1 fully saturated rings. The van der Waals surface area contributed by atoms with Crippen LogP contribution in [0.25, 0.3) is 0 Å². The molecule has 1 atom stereocenters. The first-order valence-corrected chi connectivity index (χ1v) is 10.6. The van der Waals surface area contributed by atoms with Crippen molar-refractivity contribution in [2.75, 3.05) is 46.1 Å². The van der Waals surface area contributed by atoms with Crippen LogP contribution in [0.15, 0.2) is 47.4 Å². The Hall–Kier alpha value is -2.29. The van der Waals surface area contributed by atoms with Crippen LogP contribution in [0.4, 0.5) is 5.69 Å². The Bertz CT molecular complexity index is 908. The summed E-state index contributed by atoms with van der Waals surface area (Å²) in [4.78, 5) is 2.55. The maximum Gasteiger partial charge on any atom is 0.243 e. The Labute approximate surface area is 166 Å². The highest BCUT2D eigenvalue weighted by atomic mass is 32.2. The van der Waals surface area contributed by atoms with Gasteiger partial charge in [0.15, 0.2) is 11.5 Å². The van der Waals surface area contributed by atoms with Crippen molar-refractivity contribution < 1.29 is 17.9 Å². The number of benzene rings is 2. The van der Waals surface area contributed by atoms with Crippen LogP contribution in [-0.2, 0) is 10.0 Å². The van der Waals surface area contributed by atoms with Crippen LogP contribution in [0.5, 0.6) is 11.5 Å². The summed E-state index contributed by atoms with van der Waals surface area (Å²) >= 11 is 0. The number of methoxy groups -OCH3 is 2. The van der Waals surface area contributed by atoms with Crippen LogP contribution in [0.1, 0.15) is 18.5 Å². The van der Waals surface area contributed by atoms with Gasteiger partial charge in [-0.25, -0.2) is 8.42 Å². The summed E-state index contributed by atoms with van der Waals surface area (Å²) in [6, 6.07) is 12.4. The topological polar surface area (TPSA) is 85.1 Å². The van der Waals surface area contributed by atoms with E-state index in [0.29, 0.717) is 43.4 Å². The summed E-state index contributed by atoms with van der Waals surface area (Å²) in [6.07, 6.45) is 0. The van der Waals surface area contributed by atoms with Crippen molar-refractivity contribution >= 4 is 15.7 Å². The van der Waals surface area contributed by atoms with Crippen LogP contribution in [0.2, 0.25) is 0 Å². The van der Waals surface area contributed by atoms with Gasteiger partial charge in [-0.2, -0.15) is 4.31 Å². The average Bonchev–Trinajstić information content (AvgIpc) is 2.73. The zero-order valence-corrected chi connectivity index (χ0v) is 17.3. The van der Waals surface area contributed by atoms with Crippen molar-refractivity contribution in [3.8, 4) is 11.5 Å². The van der Waals surface area contributed by atoms with Crippen molar-refractivity contribution in [3.05, 3.63) is 48.0 Å². The molecule has 3 rings (SSSR count). The molecule has 1 aliphatic rings. The minimum Gasteiger partial charge on any atom is -0.493 e. The van der Waals surface area contributed by atoms with Crippen molar-refractivity contribution in [3.63, 3.8) is 0 Å². The molecule has 0 spiro atoms. The van der Waals surface area contributed by atoms with Crippen molar-refractivity contribution in [2.24, 2.45) is 0 Å². The number of ether oxygens (including phenoxy) is 2. The molecule has 0 amide bonds. The molecule has 1 aliphatic heterocycles. The van der Waals surface area contributed by atoms with E-state index in [1.54, 1.807) is 38.5 Å². The number of nitrogens with zero attached hydrogens (tertiary/aromatic N) is 2. The molecule has 2 N–H and O–H groups in total. The minimum atomic E-state index is -3.50. The van der Waals surface area contributed by atoms with Gasteiger partial charge in [0.25, 0.3) is 0 Å². The quantitative estimate of drug-likeness (QED) is 0.743. The number of sulfonamides is 1. The maximum absolute atomic E-state index is 12.8. The molecule has 0 aromatic heterocycles. The predicted octanol–water partition coefficient (Wildman–Crippen LogP) is 2.35. The lowest BCUT2D eigenvalue weighted by Crippen LogP contribution is -2.49. The monoisotopic (exact) mass is 405 g/mol. The highest BCUT2D eigenvalue weighted by molar-refractivity contribution is 7.89. The average molecular weight is 406 g/mol. The number of hydrogen-bond donors (Lipinski definition) is 1. The number of rotatable bonds is 6. The van der Waals surface area contributed by atoms with Gasteiger partial charge in [-0.05, 0) is 48.9 Å². The van der Waals surface area contributed by atoms with Crippen LogP contribution >= 0.6 is 0 Å². The summed E-state index contributed by atoms with van der Waals surface area (Å²) in [6.45, 7) is 4.33. The Balaban J connectivity index is 1.68. The standard InChI is InChI=1S/C20H27N3O4S/c1-15(16-4-9-19(26-2)20(14-16)27-3)22-10-12-23(13-11-22)28(24,25)18-7-5-17(21)6-8-18/h4-9,14-15H,10-13,21H2,1-3H3. The van der Waals surface area contributed by atoms with Gasteiger partial charge in [-0.3, -0.25) is 4.90 Å². The largest absolute Gasteiger partial charge is 0.493 e. The third-order valence-electron chi connectivity index (χ3n) is 5.23. The van der Waals surface area contributed by atoms with E-state index in [1.807, 2.05) is 18.2 Å². The molecule has 2 aromatic carbocycles. The summed E-state index contributed by atoms with van der Waals surface area (Å²) in [5, 5.41) is 0. The number of anilines is 1. The van der Waals surface area contributed by atoms with E-state index < -0.39 is 10.0 Å². The van der Waals surface area contributed by atoms with Gasteiger partial charge in [0.1, 0.15) is 0 Å². The Morgan fingerprint density at radius 1 is 0.929 bits per heavy atom. The molecule has 1 saturated heterocycles. The smallest absolute Gasteiger partial charge is 0.243 e. The molecule has 0 bridgehead atoms. The van der Waals surface area contributed by atoms with Crippen LogP contribution in [0.3, 0.4) is 0 Å². The summed E-state index contributed by atoms with van der Waals surface area (Å²) in [7, 11) is -0.267. The van der Waals surface area contributed by atoms with Crippen LogP contribution in [-0.4, -0.2) is 58.0 Å². The lowest BCUT2D eigenvalue weighted by atomic mass is 10.1. The fourth-order valence-corrected chi connectivity index (χ4v) is 4.87. The lowest BCUT2D eigenvalue weighted by molar-refractivity contribution is 0.145. The van der Waals surface area contributed by atoms with Gasteiger partial charge in [-0.15, -0.1) is 0 Å². The highest BCUT2D eigenvalue weighted by Gasteiger charge is 2.30. The zero-order valence-electron chi connectivity index (χ0n) is 16.5. The first kappa shape index (κ1) is 20.4. The maximum atomic E-state index is 12.8. The molecule has 28 heavy (non-hydrogen) atoms. The van der Waals surface area contributed by atoms with Gasteiger partial charge >= 0.3 is 0 Å². The van der Waals surface area contributed by atoms with E-state index in [1.165, 1.54) is 4.31 Å². The first-order valence-electron chi connectivity index (χ1n) is 9.18. The molecule has 1 heterocycles. The molecular formula is C20H27N3O4S. The van der Waals surface area contributed by atoms with E-state index in [2.05, 4.69) is 11.8 Å². The molecule has 7 nitrogen and oxygen atoms in total. The zero-order chi connectivity index (χ0) is 20.3. The normalized spacial score (nSPS) is 17.2. The van der Waals surface area contributed by atoms with E-state index in [-0.39, 0.29) is 10.9 Å². The summed E-state index contributed by atoms with van der Waals surface area (Å²) < 4.78 is 37.9. The summed E-state index contributed by atoms with van der Waals surface area (Å²) in [5.41, 5.74) is 7.31.